The van der Waals surface area contributed by atoms with Gasteiger partial charge in [-0.05, 0) is 47.8 Å². The fourth-order valence-corrected chi connectivity index (χ4v) is 3.08. The van der Waals surface area contributed by atoms with Crippen LogP contribution in [0.2, 0.25) is 0 Å². The molecule has 0 aromatic carbocycles. The van der Waals surface area contributed by atoms with Crippen LogP contribution >= 0.6 is 35.3 Å². The molecule has 1 aliphatic rings. The van der Waals surface area contributed by atoms with Gasteiger partial charge in [0.15, 0.2) is 5.96 Å². The first-order chi connectivity index (χ1) is 9.31. The Kier molecular flexibility index (Phi) is 8.47. The summed E-state index contributed by atoms with van der Waals surface area (Å²) in [4.78, 5) is 6.78. The van der Waals surface area contributed by atoms with E-state index in [0.29, 0.717) is 0 Å². The van der Waals surface area contributed by atoms with E-state index in [9.17, 15) is 0 Å². The van der Waals surface area contributed by atoms with Gasteiger partial charge >= 0.3 is 0 Å². The van der Waals surface area contributed by atoms with Crippen LogP contribution in [0.5, 0.6) is 0 Å². The Morgan fingerprint density at radius 3 is 2.95 bits per heavy atom. The maximum Gasteiger partial charge on any atom is 0.191 e. The van der Waals surface area contributed by atoms with Gasteiger partial charge in [0.05, 0.1) is 0 Å². The molecular formula is C14H25IN4S. The van der Waals surface area contributed by atoms with Crippen LogP contribution in [0.3, 0.4) is 0 Å². The van der Waals surface area contributed by atoms with Gasteiger partial charge in [0.2, 0.25) is 0 Å². The lowest BCUT2D eigenvalue weighted by molar-refractivity contribution is 0.342. The molecule has 4 nitrogen and oxygen atoms in total. The highest BCUT2D eigenvalue weighted by Gasteiger charge is 2.20. The number of likely N-dealkylation sites (tertiary alicyclic amines) is 1. The summed E-state index contributed by atoms with van der Waals surface area (Å²) in [6, 6.07) is 2.14. The minimum Gasteiger partial charge on any atom is -0.356 e. The van der Waals surface area contributed by atoms with Gasteiger partial charge in [0.1, 0.15) is 0 Å². The van der Waals surface area contributed by atoms with E-state index < -0.39 is 0 Å². The highest BCUT2D eigenvalue weighted by molar-refractivity contribution is 14.0. The lowest BCUT2D eigenvalue weighted by atomic mass is 10.1. The Balaban J connectivity index is 0.00000200. The van der Waals surface area contributed by atoms with E-state index in [1.165, 1.54) is 31.6 Å². The van der Waals surface area contributed by atoms with Crippen LogP contribution in [-0.2, 0) is 6.54 Å². The van der Waals surface area contributed by atoms with Crippen LogP contribution in [-0.4, -0.2) is 44.1 Å². The summed E-state index contributed by atoms with van der Waals surface area (Å²) in [7, 11) is 1.83. The summed E-state index contributed by atoms with van der Waals surface area (Å²) >= 11 is 1.73. The largest absolute Gasteiger partial charge is 0.356 e. The van der Waals surface area contributed by atoms with E-state index in [1.54, 1.807) is 11.3 Å². The number of halogens is 1. The van der Waals surface area contributed by atoms with Crippen molar-refractivity contribution in [1.29, 1.82) is 0 Å². The zero-order valence-electron chi connectivity index (χ0n) is 12.3. The molecule has 1 aliphatic heterocycles. The Morgan fingerprint density at radius 1 is 1.50 bits per heavy atom. The predicted octanol–water partition coefficient (Wildman–Crippen LogP) is 2.37. The average molecular weight is 408 g/mol. The minimum atomic E-state index is 0. The molecule has 2 N–H and O–H groups in total. The van der Waals surface area contributed by atoms with E-state index in [4.69, 9.17) is 0 Å². The topological polar surface area (TPSA) is 39.7 Å². The maximum absolute atomic E-state index is 4.27. The smallest absolute Gasteiger partial charge is 0.191 e. The number of hydrogen-bond acceptors (Lipinski definition) is 3. The molecule has 1 atom stereocenters. The van der Waals surface area contributed by atoms with Crippen molar-refractivity contribution in [3.05, 3.63) is 22.4 Å². The molecule has 0 spiro atoms. The molecule has 1 aromatic heterocycles. The number of nitrogens with zero attached hydrogens (tertiary/aromatic N) is 2. The van der Waals surface area contributed by atoms with E-state index >= 15 is 0 Å². The Bertz CT molecular complexity index is 394. The van der Waals surface area contributed by atoms with Crippen molar-refractivity contribution < 1.29 is 0 Å². The highest BCUT2D eigenvalue weighted by Crippen LogP contribution is 2.14. The first-order valence-corrected chi connectivity index (χ1v) is 7.94. The zero-order chi connectivity index (χ0) is 13.5. The number of aliphatic imine (C=N–C) groups is 1. The molecule has 1 saturated heterocycles. The van der Waals surface area contributed by atoms with Crippen LogP contribution in [0.4, 0.5) is 0 Å². The fraction of sp³-hybridized carbons (Fsp3) is 0.643. The van der Waals surface area contributed by atoms with E-state index in [2.05, 4.69) is 44.3 Å². The van der Waals surface area contributed by atoms with Crippen LogP contribution in [0.1, 0.15) is 18.9 Å². The molecule has 0 amide bonds. The van der Waals surface area contributed by atoms with Crippen molar-refractivity contribution in [3.63, 3.8) is 0 Å². The lowest BCUT2D eigenvalue weighted by Gasteiger charge is -2.16. The van der Waals surface area contributed by atoms with E-state index in [0.717, 1.165) is 25.0 Å². The molecule has 1 aromatic rings. The molecule has 0 bridgehead atoms. The first-order valence-electron chi connectivity index (χ1n) is 6.99. The van der Waals surface area contributed by atoms with Crippen molar-refractivity contribution in [3.8, 4) is 0 Å². The Morgan fingerprint density at radius 2 is 2.35 bits per heavy atom. The van der Waals surface area contributed by atoms with Crippen LogP contribution in [0.25, 0.3) is 0 Å². The summed E-state index contributed by atoms with van der Waals surface area (Å²) in [6.45, 7) is 7.71. The maximum atomic E-state index is 4.27. The van der Waals surface area contributed by atoms with Crippen molar-refractivity contribution in [2.45, 2.75) is 19.9 Å². The van der Waals surface area contributed by atoms with Gasteiger partial charge in [0.25, 0.3) is 0 Å². The number of rotatable bonds is 5. The van der Waals surface area contributed by atoms with Crippen molar-refractivity contribution in [1.82, 2.24) is 15.5 Å². The standard InChI is InChI=1S/C14H24N4S.HI/c1-3-18-6-4-12(10-18)8-16-14(15-2)17-9-13-5-7-19-11-13;/h5,7,11-12H,3-4,6,8-10H2,1-2H3,(H2,15,16,17);1H. The van der Waals surface area contributed by atoms with Gasteiger partial charge < -0.3 is 15.5 Å². The van der Waals surface area contributed by atoms with E-state index in [1.807, 2.05) is 7.05 Å². The summed E-state index contributed by atoms with van der Waals surface area (Å²) in [5, 5.41) is 11.1. The molecule has 0 aliphatic carbocycles. The van der Waals surface area contributed by atoms with Crippen molar-refractivity contribution >= 4 is 41.3 Å². The van der Waals surface area contributed by atoms with Gasteiger partial charge in [-0.2, -0.15) is 11.3 Å². The van der Waals surface area contributed by atoms with Gasteiger partial charge in [-0.15, -0.1) is 24.0 Å². The van der Waals surface area contributed by atoms with Gasteiger partial charge in [-0.1, -0.05) is 6.92 Å². The monoisotopic (exact) mass is 408 g/mol. The quantitative estimate of drug-likeness (QED) is 0.447. The number of guanidine groups is 1. The summed E-state index contributed by atoms with van der Waals surface area (Å²) in [5.41, 5.74) is 1.31. The van der Waals surface area contributed by atoms with Crippen LogP contribution < -0.4 is 10.6 Å². The molecule has 114 valence electrons. The van der Waals surface area contributed by atoms with Crippen molar-refractivity contribution in [2.24, 2.45) is 10.9 Å². The Labute approximate surface area is 143 Å². The van der Waals surface area contributed by atoms with E-state index in [-0.39, 0.29) is 24.0 Å². The second kappa shape index (κ2) is 9.57. The molecule has 1 unspecified atom stereocenters. The molecule has 1 fully saturated rings. The highest BCUT2D eigenvalue weighted by atomic mass is 127. The Hall–Kier alpha value is -0.340. The minimum absolute atomic E-state index is 0. The molecular weight excluding hydrogens is 383 g/mol. The average Bonchev–Trinajstić information content (AvgIpc) is 3.10. The second-order valence-corrected chi connectivity index (χ2v) is 5.77. The zero-order valence-corrected chi connectivity index (χ0v) is 15.4. The number of hydrogen-bond donors (Lipinski definition) is 2. The number of thiophene rings is 1. The number of nitrogens with one attached hydrogen (secondary N) is 2. The van der Waals surface area contributed by atoms with Gasteiger partial charge in [-0.25, -0.2) is 0 Å². The van der Waals surface area contributed by atoms with Crippen LogP contribution in [0, 0.1) is 5.92 Å². The predicted molar refractivity (Wildman–Crippen MR) is 98.2 cm³/mol. The molecule has 0 radical (unpaired) electrons. The van der Waals surface area contributed by atoms with Gasteiger partial charge in [-0.3, -0.25) is 4.99 Å². The van der Waals surface area contributed by atoms with Gasteiger partial charge in [0, 0.05) is 26.7 Å². The third-order valence-electron chi connectivity index (χ3n) is 3.64. The van der Waals surface area contributed by atoms with Crippen molar-refractivity contribution in [2.75, 3.05) is 33.2 Å². The third kappa shape index (κ3) is 5.57. The fourth-order valence-electron chi connectivity index (χ4n) is 2.41. The summed E-state index contributed by atoms with van der Waals surface area (Å²) < 4.78 is 0. The molecule has 2 heterocycles. The molecule has 6 heteroatoms. The molecule has 0 saturated carbocycles. The molecule has 2 rings (SSSR count). The SMILES string of the molecule is CCN1CCC(CNC(=NC)NCc2ccsc2)C1.I. The normalized spacial score (nSPS) is 19.7. The van der Waals surface area contributed by atoms with Crippen LogP contribution in [0.15, 0.2) is 21.8 Å². The lowest BCUT2D eigenvalue weighted by Crippen LogP contribution is -2.39. The summed E-state index contributed by atoms with van der Waals surface area (Å²) in [5.74, 6) is 1.65. The summed E-state index contributed by atoms with van der Waals surface area (Å²) in [6.07, 6.45) is 1.29. The first kappa shape index (κ1) is 17.7. The third-order valence-corrected chi connectivity index (χ3v) is 4.37. The molecule has 20 heavy (non-hydrogen) atoms. The second-order valence-electron chi connectivity index (χ2n) is 4.99.